The molecule has 0 aromatic heterocycles. The Labute approximate surface area is 106 Å². The van der Waals surface area contributed by atoms with Gasteiger partial charge in [-0.2, -0.15) is 11.8 Å². The standard InChI is InChI=1S/C10H17N3O2S2/c1-7-9(13-3-4-16-2)5-8(11)6-10(7)17(12,14)15/h5-6,13H,3-4,11H2,1-2H3,(H2,12,14,15). The zero-order valence-corrected chi connectivity index (χ0v) is 11.5. The number of anilines is 2. The van der Waals surface area contributed by atoms with Crippen molar-refractivity contribution in [1.82, 2.24) is 0 Å². The predicted octanol–water partition coefficient (Wildman–Crippen LogP) is 1.000. The molecule has 5 N–H and O–H groups in total. The molecule has 0 bridgehead atoms. The average Bonchev–Trinajstić information content (AvgIpc) is 2.21. The van der Waals surface area contributed by atoms with Crippen molar-refractivity contribution < 1.29 is 8.42 Å². The number of nitrogens with two attached hydrogens (primary N) is 2. The molecule has 0 saturated carbocycles. The van der Waals surface area contributed by atoms with Gasteiger partial charge in [0.15, 0.2) is 0 Å². The van der Waals surface area contributed by atoms with Gasteiger partial charge in [-0.05, 0) is 30.9 Å². The summed E-state index contributed by atoms with van der Waals surface area (Å²) in [5.41, 5.74) is 7.36. The SMILES string of the molecule is CSCCNc1cc(N)cc(S(N)(=O)=O)c1C. The minimum absolute atomic E-state index is 0.0733. The molecule has 96 valence electrons. The first-order valence-electron chi connectivity index (χ1n) is 5.02. The van der Waals surface area contributed by atoms with E-state index in [4.69, 9.17) is 10.9 Å². The number of nitrogens with one attached hydrogen (secondary N) is 1. The fraction of sp³-hybridized carbons (Fsp3) is 0.400. The molecule has 0 fully saturated rings. The molecule has 0 saturated heterocycles. The maximum atomic E-state index is 11.4. The molecule has 7 heteroatoms. The molecular weight excluding hydrogens is 258 g/mol. The second kappa shape index (κ2) is 5.61. The Kier molecular flexibility index (Phi) is 4.67. The summed E-state index contributed by atoms with van der Waals surface area (Å²) in [5.74, 6) is 0.930. The van der Waals surface area contributed by atoms with E-state index in [0.29, 0.717) is 16.9 Å². The van der Waals surface area contributed by atoms with Crippen LogP contribution in [0.3, 0.4) is 0 Å². The minimum Gasteiger partial charge on any atom is -0.399 e. The lowest BCUT2D eigenvalue weighted by Gasteiger charge is -2.13. The Hall–Kier alpha value is -0.920. The third-order valence-electron chi connectivity index (χ3n) is 2.31. The highest BCUT2D eigenvalue weighted by Crippen LogP contribution is 2.25. The summed E-state index contributed by atoms with van der Waals surface area (Å²) < 4.78 is 22.8. The van der Waals surface area contributed by atoms with Crippen LogP contribution in [0.2, 0.25) is 0 Å². The van der Waals surface area contributed by atoms with Crippen LogP contribution in [0.1, 0.15) is 5.56 Å². The molecular formula is C10H17N3O2S2. The number of thioether (sulfide) groups is 1. The van der Waals surface area contributed by atoms with Crippen molar-refractivity contribution in [3.05, 3.63) is 17.7 Å². The molecule has 0 aliphatic heterocycles. The van der Waals surface area contributed by atoms with Gasteiger partial charge in [-0.15, -0.1) is 0 Å². The fourth-order valence-corrected chi connectivity index (χ4v) is 2.62. The second-order valence-electron chi connectivity index (χ2n) is 3.66. The van der Waals surface area contributed by atoms with Crippen molar-refractivity contribution in [2.45, 2.75) is 11.8 Å². The molecule has 0 amide bonds. The number of hydrogen-bond acceptors (Lipinski definition) is 5. The van der Waals surface area contributed by atoms with Gasteiger partial charge in [0.25, 0.3) is 0 Å². The van der Waals surface area contributed by atoms with E-state index in [1.54, 1.807) is 24.8 Å². The lowest BCUT2D eigenvalue weighted by molar-refractivity contribution is 0.597. The summed E-state index contributed by atoms with van der Waals surface area (Å²) >= 11 is 1.70. The van der Waals surface area contributed by atoms with Gasteiger partial charge in [-0.25, -0.2) is 13.6 Å². The van der Waals surface area contributed by atoms with Crippen LogP contribution in [0.4, 0.5) is 11.4 Å². The third-order valence-corrected chi connectivity index (χ3v) is 3.96. The molecule has 0 aliphatic carbocycles. The normalized spacial score (nSPS) is 11.5. The quantitative estimate of drug-likeness (QED) is 0.550. The first kappa shape index (κ1) is 14.1. The summed E-state index contributed by atoms with van der Waals surface area (Å²) in [6.07, 6.45) is 2.00. The first-order valence-corrected chi connectivity index (χ1v) is 7.96. The number of sulfonamides is 1. The van der Waals surface area contributed by atoms with E-state index in [2.05, 4.69) is 5.32 Å². The smallest absolute Gasteiger partial charge is 0.238 e. The molecule has 0 atom stereocenters. The fourth-order valence-electron chi connectivity index (χ4n) is 1.48. The number of benzene rings is 1. The van der Waals surface area contributed by atoms with Gasteiger partial charge < -0.3 is 11.1 Å². The lowest BCUT2D eigenvalue weighted by Crippen LogP contribution is -2.16. The molecule has 1 aromatic carbocycles. The first-order chi connectivity index (χ1) is 7.86. The van der Waals surface area contributed by atoms with Crippen molar-refractivity contribution in [1.29, 1.82) is 0 Å². The molecule has 0 unspecified atom stereocenters. The van der Waals surface area contributed by atoms with Crippen LogP contribution in [0.15, 0.2) is 17.0 Å². The monoisotopic (exact) mass is 275 g/mol. The van der Waals surface area contributed by atoms with E-state index >= 15 is 0 Å². The Bertz CT molecular complexity index is 501. The Morgan fingerprint density at radius 2 is 2.06 bits per heavy atom. The molecule has 0 heterocycles. The molecule has 0 spiro atoms. The van der Waals surface area contributed by atoms with E-state index in [9.17, 15) is 8.42 Å². The lowest BCUT2D eigenvalue weighted by atomic mass is 10.2. The highest BCUT2D eigenvalue weighted by molar-refractivity contribution is 7.98. The van der Waals surface area contributed by atoms with Gasteiger partial charge in [0, 0.05) is 23.7 Å². The van der Waals surface area contributed by atoms with Crippen molar-refractivity contribution in [2.75, 3.05) is 29.6 Å². The van der Waals surface area contributed by atoms with Crippen LogP contribution in [0.25, 0.3) is 0 Å². The maximum absolute atomic E-state index is 11.4. The van der Waals surface area contributed by atoms with Crippen LogP contribution in [-0.4, -0.2) is 27.0 Å². The van der Waals surface area contributed by atoms with Crippen LogP contribution >= 0.6 is 11.8 Å². The largest absolute Gasteiger partial charge is 0.399 e. The highest BCUT2D eigenvalue weighted by Gasteiger charge is 2.15. The van der Waals surface area contributed by atoms with Crippen LogP contribution in [-0.2, 0) is 10.0 Å². The second-order valence-corrected chi connectivity index (χ2v) is 6.17. The average molecular weight is 275 g/mol. The summed E-state index contributed by atoms with van der Waals surface area (Å²) in [4.78, 5) is 0.0733. The number of nitrogen functional groups attached to an aromatic ring is 1. The maximum Gasteiger partial charge on any atom is 0.238 e. The Morgan fingerprint density at radius 1 is 1.41 bits per heavy atom. The number of hydrogen-bond donors (Lipinski definition) is 3. The minimum atomic E-state index is -3.73. The molecule has 1 aromatic rings. The Balaban J connectivity index is 3.11. The highest BCUT2D eigenvalue weighted by atomic mass is 32.2. The van der Waals surface area contributed by atoms with Gasteiger partial charge in [0.2, 0.25) is 10.0 Å². The van der Waals surface area contributed by atoms with Crippen molar-refractivity contribution in [3.63, 3.8) is 0 Å². The molecule has 0 aliphatic rings. The zero-order chi connectivity index (χ0) is 13.1. The molecule has 0 radical (unpaired) electrons. The van der Waals surface area contributed by atoms with Crippen molar-refractivity contribution in [2.24, 2.45) is 5.14 Å². The summed E-state index contributed by atoms with van der Waals surface area (Å²) in [6.45, 7) is 2.45. The van der Waals surface area contributed by atoms with Gasteiger partial charge >= 0.3 is 0 Å². The Morgan fingerprint density at radius 3 is 2.59 bits per heavy atom. The summed E-state index contributed by atoms with van der Waals surface area (Å²) in [7, 11) is -3.73. The van der Waals surface area contributed by atoms with E-state index in [0.717, 1.165) is 12.3 Å². The van der Waals surface area contributed by atoms with E-state index < -0.39 is 10.0 Å². The van der Waals surface area contributed by atoms with Crippen molar-refractivity contribution >= 4 is 33.2 Å². The van der Waals surface area contributed by atoms with Gasteiger partial charge in [-0.3, -0.25) is 0 Å². The number of rotatable bonds is 5. The third kappa shape index (κ3) is 3.79. The van der Waals surface area contributed by atoms with Crippen LogP contribution < -0.4 is 16.2 Å². The zero-order valence-electron chi connectivity index (χ0n) is 9.86. The van der Waals surface area contributed by atoms with Gasteiger partial charge in [0.05, 0.1) is 4.90 Å². The molecule has 1 rings (SSSR count). The van der Waals surface area contributed by atoms with E-state index in [1.165, 1.54) is 6.07 Å². The van der Waals surface area contributed by atoms with Crippen LogP contribution in [0.5, 0.6) is 0 Å². The van der Waals surface area contributed by atoms with Crippen LogP contribution in [0, 0.1) is 6.92 Å². The topological polar surface area (TPSA) is 98.2 Å². The van der Waals surface area contributed by atoms with E-state index in [-0.39, 0.29) is 4.90 Å². The van der Waals surface area contributed by atoms with E-state index in [1.807, 2.05) is 6.26 Å². The van der Waals surface area contributed by atoms with Gasteiger partial charge in [0.1, 0.15) is 0 Å². The molecule has 5 nitrogen and oxygen atoms in total. The van der Waals surface area contributed by atoms with Crippen molar-refractivity contribution in [3.8, 4) is 0 Å². The predicted molar refractivity (Wildman–Crippen MR) is 73.8 cm³/mol. The summed E-state index contributed by atoms with van der Waals surface area (Å²) in [6, 6.07) is 3.09. The number of primary sulfonamides is 1. The summed E-state index contributed by atoms with van der Waals surface area (Å²) in [5, 5.41) is 8.28. The molecule has 17 heavy (non-hydrogen) atoms. The van der Waals surface area contributed by atoms with Gasteiger partial charge in [-0.1, -0.05) is 0 Å².